The van der Waals surface area contributed by atoms with E-state index in [4.69, 9.17) is 4.74 Å². The molecule has 2 aliphatic rings. The molecule has 0 aliphatic carbocycles. The lowest BCUT2D eigenvalue weighted by Gasteiger charge is -2.42. The number of aromatic nitrogens is 1. The molecule has 1 aromatic heterocycles. The third-order valence-electron chi connectivity index (χ3n) is 4.14. The van der Waals surface area contributed by atoms with Gasteiger partial charge in [0.1, 0.15) is 6.10 Å². The molecule has 0 spiro atoms. The molecule has 6 heteroatoms. The van der Waals surface area contributed by atoms with Crippen LogP contribution in [0.4, 0.5) is 0 Å². The zero-order chi connectivity index (χ0) is 14.8. The number of amides is 1. The van der Waals surface area contributed by atoms with E-state index >= 15 is 0 Å². The van der Waals surface area contributed by atoms with Gasteiger partial charge in [0.15, 0.2) is 0 Å². The van der Waals surface area contributed by atoms with Gasteiger partial charge in [0.05, 0.1) is 23.5 Å². The van der Waals surface area contributed by atoms with Gasteiger partial charge in [-0.2, -0.15) is 0 Å². The van der Waals surface area contributed by atoms with Gasteiger partial charge in [0.25, 0.3) is 0 Å². The van der Waals surface area contributed by atoms with E-state index in [2.05, 4.69) is 32.9 Å². The molecular weight excluding hydrogens is 334 g/mol. The molecule has 1 aromatic rings. The maximum atomic E-state index is 12.4. The Morgan fingerprint density at radius 2 is 2.24 bits per heavy atom. The first-order chi connectivity index (χ1) is 10.1. The Hall–Kier alpha value is -1.14. The second-order valence-electron chi connectivity index (χ2n) is 5.87. The van der Waals surface area contributed by atoms with Crippen LogP contribution in [0.2, 0.25) is 0 Å². The Balaban J connectivity index is 1.49. The van der Waals surface area contributed by atoms with Crippen LogP contribution < -0.4 is 4.74 Å². The number of hydrogen-bond donors (Lipinski definition) is 0. The van der Waals surface area contributed by atoms with E-state index in [0.29, 0.717) is 19.0 Å². The van der Waals surface area contributed by atoms with E-state index in [1.807, 2.05) is 17.0 Å². The number of pyridine rings is 1. The smallest absolute Gasteiger partial charge is 0.228 e. The lowest BCUT2D eigenvalue weighted by atomic mass is 9.95. The fraction of sp³-hybridized carbons (Fsp3) is 0.600. The Kier molecular flexibility index (Phi) is 4.45. The molecule has 0 saturated carbocycles. The molecule has 1 atom stereocenters. The Labute approximate surface area is 133 Å². The van der Waals surface area contributed by atoms with Crippen molar-refractivity contribution in [1.29, 1.82) is 0 Å². The number of likely N-dealkylation sites (tertiary alicyclic amines) is 2. The largest absolute Gasteiger partial charge is 0.470 e. The van der Waals surface area contributed by atoms with Crippen LogP contribution in [-0.4, -0.2) is 60.0 Å². The lowest BCUT2D eigenvalue weighted by Crippen LogP contribution is -2.58. The highest BCUT2D eigenvalue weighted by Crippen LogP contribution is 2.26. The normalized spacial score (nSPS) is 23.7. The van der Waals surface area contributed by atoms with Crippen molar-refractivity contribution >= 4 is 21.8 Å². The third-order valence-corrected chi connectivity index (χ3v) is 4.74. The molecule has 21 heavy (non-hydrogen) atoms. The van der Waals surface area contributed by atoms with Crippen LogP contribution in [0.5, 0.6) is 5.88 Å². The van der Waals surface area contributed by atoms with Gasteiger partial charge in [0, 0.05) is 12.7 Å². The molecule has 1 amide bonds. The summed E-state index contributed by atoms with van der Waals surface area (Å²) in [6.07, 6.45) is 3.89. The summed E-state index contributed by atoms with van der Waals surface area (Å²) in [6, 6.07) is 3.76. The summed E-state index contributed by atoms with van der Waals surface area (Å²) >= 11 is 3.42. The molecule has 0 aromatic carbocycles. The zero-order valence-electron chi connectivity index (χ0n) is 12.2. The first kappa shape index (κ1) is 14.8. The van der Waals surface area contributed by atoms with Crippen molar-refractivity contribution in [3.05, 3.63) is 22.8 Å². The van der Waals surface area contributed by atoms with E-state index in [0.717, 1.165) is 30.4 Å². The molecule has 0 N–H and O–H groups in total. The van der Waals surface area contributed by atoms with E-state index in [9.17, 15) is 4.79 Å². The monoisotopic (exact) mass is 353 g/mol. The molecule has 3 rings (SSSR count). The predicted octanol–water partition coefficient (Wildman–Crippen LogP) is 1.78. The second kappa shape index (κ2) is 6.32. The summed E-state index contributed by atoms with van der Waals surface area (Å²) < 4.78 is 6.66. The number of piperidine rings is 1. The molecule has 1 unspecified atom stereocenters. The average molecular weight is 354 g/mol. The van der Waals surface area contributed by atoms with Gasteiger partial charge in [-0.25, -0.2) is 4.98 Å². The standard InChI is InChI=1S/C15H20BrN3O2/c1-18-7-3-4-11(8-18)15(20)19-9-12(10-19)21-14-13(16)5-2-6-17-14/h2,5-6,11-12H,3-4,7-10H2,1H3. The van der Waals surface area contributed by atoms with E-state index in [1.165, 1.54) is 0 Å². The number of carbonyl (C=O) groups is 1. The van der Waals surface area contributed by atoms with Gasteiger partial charge in [-0.3, -0.25) is 4.79 Å². The fourth-order valence-corrected chi connectivity index (χ4v) is 3.28. The lowest BCUT2D eigenvalue weighted by molar-refractivity contribution is -0.146. The molecule has 5 nitrogen and oxygen atoms in total. The Morgan fingerprint density at radius 3 is 2.95 bits per heavy atom. The summed E-state index contributed by atoms with van der Waals surface area (Å²) in [5.41, 5.74) is 0. The van der Waals surface area contributed by atoms with E-state index < -0.39 is 0 Å². The fourth-order valence-electron chi connectivity index (χ4n) is 2.93. The van der Waals surface area contributed by atoms with Gasteiger partial charge >= 0.3 is 0 Å². The summed E-state index contributed by atoms with van der Waals surface area (Å²) in [7, 11) is 2.08. The molecule has 2 fully saturated rings. The number of ether oxygens (including phenoxy) is 1. The van der Waals surface area contributed by atoms with E-state index in [1.54, 1.807) is 6.20 Å². The van der Waals surface area contributed by atoms with Gasteiger partial charge in [-0.15, -0.1) is 0 Å². The second-order valence-corrected chi connectivity index (χ2v) is 6.73. The summed E-state index contributed by atoms with van der Waals surface area (Å²) in [5.74, 6) is 1.04. The van der Waals surface area contributed by atoms with Crippen LogP contribution in [0.3, 0.4) is 0 Å². The SMILES string of the molecule is CN1CCCC(C(=O)N2CC(Oc3ncccc3Br)C2)C1. The zero-order valence-corrected chi connectivity index (χ0v) is 13.8. The van der Waals surface area contributed by atoms with Crippen molar-refractivity contribution in [2.75, 3.05) is 33.2 Å². The minimum absolute atomic E-state index is 0.0569. The van der Waals surface area contributed by atoms with Crippen LogP contribution >= 0.6 is 15.9 Å². The molecular formula is C15H20BrN3O2. The Morgan fingerprint density at radius 1 is 1.43 bits per heavy atom. The van der Waals surface area contributed by atoms with Crippen molar-refractivity contribution in [2.24, 2.45) is 5.92 Å². The number of rotatable bonds is 3. The molecule has 3 heterocycles. The molecule has 2 aliphatic heterocycles. The molecule has 0 radical (unpaired) electrons. The van der Waals surface area contributed by atoms with Crippen molar-refractivity contribution in [2.45, 2.75) is 18.9 Å². The van der Waals surface area contributed by atoms with Gasteiger partial charge < -0.3 is 14.5 Å². The van der Waals surface area contributed by atoms with E-state index in [-0.39, 0.29) is 17.9 Å². The topological polar surface area (TPSA) is 45.7 Å². The highest BCUT2D eigenvalue weighted by Gasteiger charge is 2.37. The van der Waals surface area contributed by atoms with Crippen molar-refractivity contribution in [3.63, 3.8) is 0 Å². The molecule has 0 bridgehead atoms. The van der Waals surface area contributed by atoms with Gasteiger partial charge in [-0.05, 0) is 54.5 Å². The highest BCUT2D eigenvalue weighted by atomic mass is 79.9. The van der Waals surface area contributed by atoms with Gasteiger partial charge in [0.2, 0.25) is 11.8 Å². The third kappa shape index (κ3) is 3.37. The average Bonchev–Trinajstić information content (AvgIpc) is 2.43. The van der Waals surface area contributed by atoms with Crippen molar-refractivity contribution in [1.82, 2.24) is 14.8 Å². The van der Waals surface area contributed by atoms with Crippen molar-refractivity contribution in [3.8, 4) is 5.88 Å². The van der Waals surface area contributed by atoms with Gasteiger partial charge in [-0.1, -0.05) is 0 Å². The first-order valence-electron chi connectivity index (χ1n) is 7.38. The van der Waals surface area contributed by atoms with Crippen LogP contribution in [0, 0.1) is 5.92 Å². The number of carbonyl (C=O) groups excluding carboxylic acids is 1. The van der Waals surface area contributed by atoms with Crippen LogP contribution in [0.15, 0.2) is 22.8 Å². The maximum Gasteiger partial charge on any atom is 0.228 e. The molecule has 2 saturated heterocycles. The van der Waals surface area contributed by atoms with Crippen LogP contribution in [0.25, 0.3) is 0 Å². The first-order valence-corrected chi connectivity index (χ1v) is 8.17. The quantitative estimate of drug-likeness (QED) is 0.830. The Bertz CT molecular complexity index is 519. The number of nitrogens with zero attached hydrogens (tertiary/aromatic N) is 3. The predicted molar refractivity (Wildman–Crippen MR) is 83.2 cm³/mol. The van der Waals surface area contributed by atoms with Crippen LogP contribution in [0.1, 0.15) is 12.8 Å². The summed E-state index contributed by atoms with van der Waals surface area (Å²) in [4.78, 5) is 20.7. The number of hydrogen-bond acceptors (Lipinski definition) is 4. The highest BCUT2D eigenvalue weighted by molar-refractivity contribution is 9.10. The number of halogens is 1. The van der Waals surface area contributed by atoms with Crippen molar-refractivity contribution < 1.29 is 9.53 Å². The minimum atomic E-state index is 0.0569. The maximum absolute atomic E-state index is 12.4. The molecule has 114 valence electrons. The van der Waals surface area contributed by atoms with Crippen LogP contribution in [-0.2, 0) is 4.79 Å². The minimum Gasteiger partial charge on any atom is -0.470 e. The summed E-state index contributed by atoms with van der Waals surface area (Å²) in [6.45, 7) is 3.32. The summed E-state index contributed by atoms with van der Waals surface area (Å²) in [5, 5.41) is 0.